The number of nitrogens with one attached hydrogen (secondary N) is 1. The highest BCUT2D eigenvalue weighted by molar-refractivity contribution is 5.03. The molecule has 0 radical (unpaired) electrons. The second-order valence-corrected chi connectivity index (χ2v) is 4.20. The first-order valence-corrected chi connectivity index (χ1v) is 5.55. The average molecular weight is 209 g/mol. The van der Waals surface area contributed by atoms with E-state index >= 15 is 0 Å². The summed E-state index contributed by atoms with van der Waals surface area (Å²) >= 11 is 0. The Balaban J connectivity index is 1.80. The SMILES string of the molecule is COC(C)CNCc1cncn1C1CC1. The maximum atomic E-state index is 5.17. The Kier molecular flexibility index (Phi) is 3.38. The highest BCUT2D eigenvalue weighted by Gasteiger charge is 2.24. The van der Waals surface area contributed by atoms with Crippen molar-refractivity contribution in [1.82, 2.24) is 14.9 Å². The molecule has 2 rings (SSSR count). The van der Waals surface area contributed by atoms with Gasteiger partial charge in [0.2, 0.25) is 0 Å². The Morgan fingerprint density at radius 3 is 3.13 bits per heavy atom. The van der Waals surface area contributed by atoms with Crippen LogP contribution in [-0.2, 0) is 11.3 Å². The van der Waals surface area contributed by atoms with Crippen LogP contribution in [-0.4, -0.2) is 29.3 Å². The molecule has 1 N–H and O–H groups in total. The number of methoxy groups -OCH3 is 1. The van der Waals surface area contributed by atoms with Crippen LogP contribution in [0.1, 0.15) is 31.5 Å². The maximum absolute atomic E-state index is 5.17. The highest BCUT2D eigenvalue weighted by atomic mass is 16.5. The van der Waals surface area contributed by atoms with Crippen molar-refractivity contribution in [2.24, 2.45) is 0 Å². The molecule has 15 heavy (non-hydrogen) atoms. The zero-order chi connectivity index (χ0) is 10.7. The molecule has 1 aromatic heterocycles. The summed E-state index contributed by atoms with van der Waals surface area (Å²) in [7, 11) is 1.74. The molecule has 1 fully saturated rings. The van der Waals surface area contributed by atoms with Gasteiger partial charge in [0.1, 0.15) is 0 Å². The van der Waals surface area contributed by atoms with E-state index in [1.165, 1.54) is 18.5 Å². The third kappa shape index (κ3) is 2.79. The van der Waals surface area contributed by atoms with Crippen molar-refractivity contribution in [1.29, 1.82) is 0 Å². The molecule has 0 amide bonds. The van der Waals surface area contributed by atoms with E-state index < -0.39 is 0 Å². The van der Waals surface area contributed by atoms with Gasteiger partial charge in [-0.2, -0.15) is 0 Å². The molecule has 0 aromatic carbocycles. The van der Waals surface area contributed by atoms with Gasteiger partial charge in [-0.05, 0) is 19.8 Å². The molecule has 1 aromatic rings. The third-order valence-corrected chi connectivity index (χ3v) is 2.83. The van der Waals surface area contributed by atoms with Crippen molar-refractivity contribution in [2.45, 2.75) is 38.5 Å². The van der Waals surface area contributed by atoms with Crippen molar-refractivity contribution in [3.63, 3.8) is 0 Å². The van der Waals surface area contributed by atoms with E-state index in [1.54, 1.807) is 7.11 Å². The first-order valence-electron chi connectivity index (χ1n) is 5.55. The summed E-state index contributed by atoms with van der Waals surface area (Å²) in [5.41, 5.74) is 1.28. The molecule has 0 saturated heterocycles. The number of ether oxygens (including phenoxy) is 1. The monoisotopic (exact) mass is 209 g/mol. The minimum atomic E-state index is 0.266. The fraction of sp³-hybridized carbons (Fsp3) is 0.727. The quantitative estimate of drug-likeness (QED) is 0.768. The normalized spacial score (nSPS) is 18.0. The van der Waals surface area contributed by atoms with Gasteiger partial charge in [-0.15, -0.1) is 0 Å². The van der Waals surface area contributed by atoms with Gasteiger partial charge in [0.15, 0.2) is 0 Å². The van der Waals surface area contributed by atoms with Gasteiger partial charge in [0, 0.05) is 32.4 Å². The summed E-state index contributed by atoms with van der Waals surface area (Å²) in [5.74, 6) is 0. The smallest absolute Gasteiger partial charge is 0.0951 e. The van der Waals surface area contributed by atoms with Crippen LogP contribution in [0.3, 0.4) is 0 Å². The Hall–Kier alpha value is -0.870. The first kappa shape index (κ1) is 10.6. The molecule has 4 heteroatoms. The number of aromatic nitrogens is 2. The van der Waals surface area contributed by atoms with Crippen molar-refractivity contribution >= 4 is 0 Å². The van der Waals surface area contributed by atoms with E-state index in [4.69, 9.17) is 4.74 Å². The first-order chi connectivity index (χ1) is 7.31. The molecule has 0 spiro atoms. The lowest BCUT2D eigenvalue weighted by molar-refractivity contribution is 0.117. The van der Waals surface area contributed by atoms with Crippen LogP contribution in [0.4, 0.5) is 0 Å². The van der Waals surface area contributed by atoms with Crippen LogP contribution in [0, 0.1) is 0 Å². The summed E-state index contributed by atoms with van der Waals surface area (Å²) in [6.45, 7) is 3.82. The summed E-state index contributed by atoms with van der Waals surface area (Å²) in [5, 5.41) is 3.38. The molecule has 1 atom stereocenters. The van der Waals surface area contributed by atoms with Crippen LogP contribution in [0.25, 0.3) is 0 Å². The summed E-state index contributed by atoms with van der Waals surface area (Å²) in [6, 6.07) is 0.712. The van der Waals surface area contributed by atoms with Gasteiger partial charge in [0.05, 0.1) is 18.1 Å². The number of hydrogen-bond acceptors (Lipinski definition) is 3. The Bertz CT molecular complexity index is 307. The fourth-order valence-corrected chi connectivity index (χ4v) is 1.64. The minimum absolute atomic E-state index is 0.266. The molecule has 1 aliphatic rings. The van der Waals surface area contributed by atoms with Crippen molar-refractivity contribution < 1.29 is 4.74 Å². The molecule has 1 unspecified atom stereocenters. The molecule has 0 aliphatic heterocycles. The molecule has 4 nitrogen and oxygen atoms in total. The van der Waals surface area contributed by atoms with E-state index in [0.717, 1.165) is 13.1 Å². The Labute approximate surface area is 90.6 Å². The van der Waals surface area contributed by atoms with Gasteiger partial charge < -0.3 is 14.6 Å². The largest absolute Gasteiger partial charge is 0.380 e. The topological polar surface area (TPSA) is 39.1 Å². The summed E-state index contributed by atoms with van der Waals surface area (Å²) in [6.07, 6.45) is 6.76. The van der Waals surface area contributed by atoms with Crippen molar-refractivity contribution in [3.8, 4) is 0 Å². The van der Waals surface area contributed by atoms with Gasteiger partial charge in [-0.3, -0.25) is 0 Å². The van der Waals surface area contributed by atoms with Gasteiger partial charge in [-0.25, -0.2) is 4.98 Å². The standard InChI is InChI=1S/C11H19N3O/c1-9(15-2)5-12-6-11-7-13-8-14(11)10-3-4-10/h7-10,12H,3-6H2,1-2H3. The zero-order valence-corrected chi connectivity index (χ0v) is 9.44. The van der Waals surface area contributed by atoms with Gasteiger partial charge >= 0.3 is 0 Å². The van der Waals surface area contributed by atoms with E-state index in [1.807, 2.05) is 12.5 Å². The average Bonchev–Trinajstić information content (AvgIpc) is 2.99. The predicted octanol–water partition coefficient (Wildman–Crippen LogP) is 1.34. The van der Waals surface area contributed by atoms with Gasteiger partial charge in [-0.1, -0.05) is 0 Å². The summed E-state index contributed by atoms with van der Waals surface area (Å²) < 4.78 is 7.46. The highest BCUT2D eigenvalue weighted by Crippen LogP contribution is 2.35. The number of rotatable bonds is 6. The number of imidazole rings is 1. The molecule has 0 bridgehead atoms. The second-order valence-electron chi connectivity index (χ2n) is 4.20. The minimum Gasteiger partial charge on any atom is -0.380 e. The van der Waals surface area contributed by atoms with E-state index in [9.17, 15) is 0 Å². The molecular weight excluding hydrogens is 190 g/mol. The van der Waals surface area contributed by atoms with E-state index in [2.05, 4.69) is 21.8 Å². The lowest BCUT2D eigenvalue weighted by Gasteiger charge is -2.11. The molecule has 1 saturated carbocycles. The van der Waals surface area contributed by atoms with Crippen LogP contribution >= 0.6 is 0 Å². The second kappa shape index (κ2) is 4.77. The predicted molar refractivity (Wildman–Crippen MR) is 58.7 cm³/mol. The van der Waals surface area contributed by atoms with Crippen LogP contribution < -0.4 is 5.32 Å². The summed E-state index contributed by atoms with van der Waals surface area (Å²) in [4.78, 5) is 4.19. The third-order valence-electron chi connectivity index (χ3n) is 2.83. The lowest BCUT2D eigenvalue weighted by Crippen LogP contribution is -2.26. The maximum Gasteiger partial charge on any atom is 0.0951 e. The van der Waals surface area contributed by atoms with Crippen molar-refractivity contribution in [2.75, 3.05) is 13.7 Å². The Morgan fingerprint density at radius 2 is 2.47 bits per heavy atom. The van der Waals surface area contributed by atoms with E-state index in [0.29, 0.717) is 6.04 Å². The van der Waals surface area contributed by atoms with Crippen LogP contribution in [0.5, 0.6) is 0 Å². The molecular formula is C11H19N3O. The molecule has 1 aliphatic carbocycles. The zero-order valence-electron chi connectivity index (χ0n) is 9.44. The number of hydrogen-bond donors (Lipinski definition) is 1. The fourth-order valence-electron chi connectivity index (χ4n) is 1.64. The van der Waals surface area contributed by atoms with E-state index in [-0.39, 0.29) is 6.10 Å². The molecule has 84 valence electrons. The lowest BCUT2D eigenvalue weighted by atomic mass is 10.3. The Morgan fingerprint density at radius 1 is 1.67 bits per heavy atom. The number of nitrogens with zero attached hydrogens (tertiary/aromatic N) is 2. The van der Waals surface area contributed by atoms with Crippen molar-refractivity contribution in [3.05, 3.63) is 18.2 Å². The van der Waals surface area contributed by atoms with Crippen LogP contribution in [0.2, 0.25) is 0 Å². The van der Waals surface area contributed by atoms with Crippen LogP contribution in [0.15, 0.2) is 12.5 Å². The molecule has 1 heterocycles. The van der Waals surface area contributed by atoms with Gasteiger partial charge in [0.25, 0.3) is 0 Å².